The molecule has 0 aliphatic heterocycles. The Bertz CT molecular complexity index is 514. The van der Waals surface area contributed by atoms with Gasteiger partial charge in [0.05, 0.1) is 17.8 Å². The standard InChI is InChI=1S/C15H16ClNO2/c1-18-12-6-8-13(9-7-12)19-11-10-17-15-5-3-2-4-14(15)16/h2-9,17H,10-11H2,1H3. The first-order valence-corrected chi connectivity index (χ1v) is 6.42. The van der Waals surface area contributed by atoms with Gasteiger partial charge in [-0.2, -0.15) is 0 Å². The lowest BCUT2D eigenvalue weighted by Crippen LogP contribution is -2.11. The smallest absolute Gasteiger partial charge is 0.119 e. The highest BCUT2D eigenvalue weighted by molar-refractivity contribution is 6.33. The number of benzene rings is 2. The molecule has 0 bridgehead atoms. The summed E-state index contributed by atoms with van der Waals surface area (Å²) in [5.74, 6) is 1.64. The van der Waals surface area contributed by atoms with E-state index in [-0.39, 0.29) is 0 Å². The Morgan fingerprint density at radius 1 is 1.00 bits per heavy atom. The topological polar surface area (TPSA) is 30.5 Å². The van der Waals surface area contributed by atoms with Crippen LogP contribution in [0.5, 0.6) is 11.5 Å². The van der Waals surface area contributed by atoms with Crippen molar-refractivity contribution in [2.45, 2.75) is 0 Å². The van der Waals surface area contributed by atoms with Gasteiger partial charge in [0.15, 0.2) is 0 Å². The summed E-state index contributed by atoms with van der Waals surface area (Å²) in [4.78, 5) is 0. The third-order valence-electron chi connectivity index (χ3n) is 2.62. The van der Waals surface area contributed by atoms with E-state index in [2.05, 4.69) is 5.32 Å². The minimum absolute atomic E-state index is 0.567. The van der Waals surface area contributed by atoms with Crippen LogP contribution in [0, 0.1) is 0 Å². The van der Waals surface area contributed by atoms with Crippen LogP contribution in [0.25, 0.3) is 0 Å². The van der Waals surface area contributed by atoms with Gasteiger partial charge in [-0.05, 0) is 36.4 Å². The van der Waals surface area contributed by atoms with Crippen LogP contribution in [0.15, 0.2) is 48.5 Å². The van der Waals surface area contributed by atoms with E-state index < -0.39 is 0 Å². The van der Waals surface area contributed by atoms with Gasteiger partial charge in [-0.1, -0.05) is 23.7 Å². The summed E-state index contributed by atoms with van der Waals surface area (Å²) in [5.41, 5.74) is 0.919. The van der Waals surface area contributed by atoms with Crippen molar-refractivity contribution in [2.24, 2.45) is 0 Å². The minimum atomic E-state index is 0.567. The zero-order valence-electron chi connectivity index (χ0n) is 10.7. The van der Waals surface area contributed by atoms with Gasteiger partial charge < -0.3 is 14.8 Å². The molecule has 0 fully saturated rings. The predicted octanol–water partition coefficient (Wildman–Crippen LogP) is 3.84. The molecule has 3 nitrogen and oxygen atoms in total. The lowest BCUT2D eigenvalue weighted by molar-refractivity contribution is 0.332. The third kappa shape index (κ3) is 4.07. The summed E-state index contributed by atoms with van der Waals surface area (Å²) in [5, 5.41) is 3.94. The number of hydrogen-bond donors (Lipinski definition) is 1. The molecule has 0 unspecified atom stereocenters. The molecule has 2 aromatic rings. The average molecular weight is 278 g/mol. The highest BCUT2D eigenvalue weighted by Gasteiger charge is 1.98. The molecule has 0 amide bonds. The van der Waals surface area contributed by atoms with Crippen molar-refractivity contribution in [2.75, 3.05) is 25.6 Å². The van der Waals surface area contributed by atoms with Gasteiger partial charge in [0.25, 0.3) is 0 Å². The molecule has 19 heavy (non-hydrogen) atoms. The molecule has 0 saturated heterocycles. The van der Waals surface area contributed by atoms with Gasteiger partial charge in [-0.3, -0.25) is 0 Å². The zero-order valence-corrected chi connectivity index (χ0v) is 11.5. The van der Waals surface area contributed by atoms with E-state index in [4.69, 9.17) is 21.1 Å². The molecule has 0 aliphatic carbocycles. The van der Waals surface area contributed by atoms with Gasteiger partial charge in [0.1, 0.15) is 18.1 Å². The number of anilines is 1. The molecule has 2 rings (SSSR count). The normalized spacial score (nSPS) is 10.0. The van der Waals surface area contributed by atoms with Gasteiger partial charge in [-0.25, -0.2) is 0 Å². The number of halogens is 1. The maximum atomic E-state index is 6.04. The summed E-state index contributed by atoms with van der Waals surface area (Å²) in [6, 6.07) is 15.2. The van der Waals surface area contributed by atoms with E-state index in [1.165, 1.54) is 0 Å². The number of hydrogen-bond acceptors (Lipinski definition) is 3. The second kappa shape index (κ2) is 6.90. The van der Waals surface area contributed by atoms with E-state index in [1.54, 1.807) is 7.11 Å². The molecule has 0 aliphatic rings. The summed E-state index contributed by atoms with van der Waals surface area (Å²) in [6.45, 7) is 1.26. The van der Waals surface area contributed by atoms with Crippen molar-refractivity contribution in [3.8, 4) is 11.5 Å². The molecule has 100 valence electrons. The Balaban J connectivity index is 1.76. The summed E-state index contributed by atoms with van der Waals surface area (Å²) >= 11 is 6.04. The molecular weight excluding hydrogens is 262 g/mol. The average Bonchev–Trinajstić information content (AvgIpc) is 2.46. The zero-order chi connectivity index (χ0) is 13.5. The van der Waals surface area contributed by atoms with Crippen molar-refractivity contribution in [3.05, 3.63) is 53.6 Å². The van der Waals surface area contributed by atoms with E-state index in [1.807, 2.05) is 48.5 Å². The second-order valence-electron chi connectivity index (χ2n) is 3.93. The molecule has 0 radical (unpaired) electrons. The molecule has 0 aromatic heterocycles. The van der Waals surface area contributed by atoms with E-state index in [0.717, 1.165) is 17.2 Å². The quantitative estimate of drug-likeness (QED) is 0.814. The first-order valence-electron chi connectivity index (χ1n) is 6.05. The van der Waals surface area contributed by atoms with Crippen molar-refractivity contribution in [3.63, 3.8) is 0 Å². The molecule has 0 saturated carbocycles. The van der Waals surface area contributed by atoms with Crippen molar-refractivity contribution >= 4 is 17.3 Å². The van der Waals surface area contributed by atoms with Gasteiger partial charge >= 0.3 is 0 Å². The number of nitrogens with one attached hydrogen (secondary N) is 1. The highest BCUT2D eigenvalue weighted by atomic mass is 35.5. The van der Waals surface area contributed by atoms with Gasteiger partial charge in [0.2, 0.25) is 0 Å². The van der Waals surface area contributed by atoms with Crippen LogP contribution in [0.1, 0.15) is 0 Å². The number of para-hydroxylation sites is 1. The van der Waals surface area contributed by atoms with E-state index >= 15 is 0 Å². The number of rotatable bonds is 6. The van der Waals surface area contributed by atoms with Crippen LogP contribution < -0.4 is 14.8 Å². The van der Waals surface area contributed by atoms with Gasteiger partial charge in [0, 0.05) is 6.54 Å². The van der Waals surface area contributed by atoms with Crippen LogP contribution in [0.2, 0.25) is 5.02 Å². The Kier molecular flexibility index (Phi) is 4.93. The third-order valence-corrected chi connectivity index (χ3v) is 2.95. The Morgan fingerprint density at radius 2 is 1.68 bits per heavy atom. The summed E-state index contributed by atoms with van der Waals surface area (Å²) in [6.07, 6.45) is 0. The maximum Gasteiger partial charge on any atom is 0.119 e. The number of methoxy groups -OCH3 is 1. The predicted molar refractivity (Wildman–Crippen MR) is 78.4 cm³/mol. The molecule has 2 aromatic carbocycles. The molecule has 0 heterocycles. The lowest BCUT2D eigenvalue weighted by Gasteiger charge is -2.10. The first kappa shape index (κ1) is 13.6. The van der Waals surface area contributed by atoms with Crippen LogP contribution in [0.4, 0.5) is 5.69 Å². The molecule has 0 spiro atoms. The fraction of sp³-hybridized carbons (Fsp3) is 0.200. The maximum absolute atomic E-state index is 6.04. The number of ether oxygens (including phenoxy) is 2. The van der Waals surface area contributed by atoms with Crippen LogP contribution >= 0.6 is 11.6 Å². The van der Waals surface area contributed by atoms with E-state index in [9.17, 15) is 0 Å². The fourth-order valence-electron chi connectivity index (χ4n) is 1.63. The summed E-state index contributed by atoms with van der Waals surface area (Å²) in [7, 11) is 1.64. The van der Waals surface area contributed by atoms with Crippen LogP contribution in [0.3, 0.4) is 0 Å². The Hall–Kier alpha value is -1.87. The first-order chi connectivity index (χ1) is 9.29. The van der Waals surface area contributed by atoms with Crippen LogP contribution in [-0.4, -0.2) is 20.3 Å². The monoisotopic (exact) mass is 277 g/mol. The molecule has 4 heteroatoms. The summed E-state index contributed by atoms with van der Waals surface area (Å²) < 4.78 is 10.7. The lowest BCUT2D eigenvalue weighted by atomic mass is 10.3. The highest BCUT2D eigenvalue weighted by Crippen LogP contribution is 2.20. The molecule has 0 atom stereocenters. The largest absolute Gasteiger partial charge is 0.497 e. The van der Waals surface area contributed by atoms with Gasteiger partial charge in [-0.15, -0.1) is 0 Å². The van der Waals surface area contributed by atoms with Crippen molar-refractivity contribution in [1.29, 1.82) is 0 Å². The minimum Gasteiger partial charge on any atom is -0.497 e. The van der Waals surface area contributed by atoms with Crippen LogP contribution in [-0.2, 0) is 0 Å². The second-order valence-corrected chi connectivity index (χ2v) is 4.34. The Labute approximate surface area is 118 Å². The molecule has 1 N–H and O–H groups in total. The van der Waals surface area contributed by atoms with E-state index in [0.29, 0.717) is 18.2 Å². The van der Waals surface area contributed by atoms with Crippen molar-refractivity contribution in [1.82, 2.24) is 0 Å². The molecular formula is C15H16ClNO2. The Morgan fingerprint density at radius 3 is 2.37 bits per heavy atom. The van der Waals surface area contributed by atoms with Crippen molar-refractivity contribution < 1.29 is 9.47 Å². The fourth-order valence-corrected chi connectivity index (χ4v) is 1.83. The SMILES string of the molecule is COc1ccc(OCCNc2ccccc2Cl)cc1.